The van der Waals surface area contributed by atoms with Gasteiger partial charge in [0.25, 0.3) is 0 Å². The van der Waals surface area contributed by atoms with Crippen LogP contribution in [0.2, 0.25) is 0 Å². The van der Waals surface area contributed by atoms with Gasteiger partial charge in [0, 0.05) is 12.8 Å². The second kappa shape index (κ2) is 17.7. The number of hydrogen-bond acceptors (Lipinski definition) is 2. The van der Waals surface area contributed by atoms with Gasteiger partial charge in [0.15, 0.2) is 0 Å². The van der Waals surface area contributed by atoms with Crippen molar-refractivity contribution in [2.75, 3.05) is 12.3 Å². The van der Waals surface area contributed by atoms with E-state index < -0.39 is 11.9 Å². The highest BCUT2D eigenvalue weighted by Gasteiger charge is 1.98. The Kier molecular flexibility index (Phi) is 17.2. The summed E-state index contributed by atoms with van der Waals surface area (Å²) in [5, 5.41) is 17.1. The van der Waals surface area contributed by atoms with Gasteiger partial charge in [-0.15, -0.1) is 0 Å². The SMILES string of the molecule is O=C(O)CCCCCCCC[P]CCCCCCCCC(=O)O. The Bertz CT molecular complexity index is 267. The van der Waals surface area contributed by atoms with E-state index in [1.54, 1.807) is 8.58 Å². The zero-order chi connectivity index (χ0) is 17.2. The van der Waals surface area contributed by atoms with Gasteiger partial charge < -0.3 is 10.2 Å². The van der Waals surface area contributed by atoms with Gasteiger partial charge in [-0.05, 0) is 38.0 Å². The quantitative estimate of drug-likeness (QED) is 0.252. The molecule has 0 saturated carbocycles. The van der Waals surface area contributed by atoms with Crippen molar-refractivity contribution < 1.29 is 19.8 Å². The Morgan fingerprint density at radius 1 is 0.522 bits per heavy atom. The zero-order valence-electron chi connectivity index (χ0n) is 14.5. The van der Waals surface area contributed by atoms with E-state index in [-0.39, 0.29) is 0 Å². The summed E-state index contributed by atoms with van der Waals surface area (Å²) in [6.07, 6.45) is 17.0. The highest BCUT2D eigenvalue weighted by atomic mass is 31.1. The lowest BCUT2D eigenvalue weighted by molar-refractivity contribution is -0.138. The van der Waals surface area contributed by atoms with Crippen molar-refractivity contribution in [3.05, 3.63) is 0 Å². The van der Waals surface area contributed by atoms with Gasteiger partial charge in [0.05, 0.1) is 0 Å². The predicted octanol–water partition coefficient (Wildman–Crippen LogP) is 5.56. The Balaban J connectivity index is 3.00. The first-order chi connectivity index (χ1) is 11.1. The van der Waals surface area contributed by atoms with E-state index in [0.717, 1.165) is 25.7 Å². The monoisotopic (exact) mass is 345 g/mol. The predicted molar refractivity (Wildman–Crippen MR) is 96.6 cm³/mol. The summed E-state index contributed by atoms with van der Waals surface area (Å²) in [6.45, 7) is 0. The molecule has 0 atom stereocenters. The van der Waals surface area contributed by atoms with Crippen LogP contribution in [0.1, 0.15) is 89.9 Å². The molecular formula is C18H34O4P. The zero-order valence-corrected chi connectivity index (χ0v) is 15.4. The fourth-order valence-electron chi connectivity index (χ4n) is 2.53. The van der Waals surface area contributed by atoms with Crippen molar-refractivity contribution in [3.63, 3.8) is 0 Å². The molecule has 23 heavy (non-hydrogen) atoms. The first kappa shape index (κ1) is 22.4. The second-order valence-electron chi connectivity index (χ2n) is 6.20. The van der Waals surface area contributed by atoms with Gasteiger partial charge in [-0.3, -0.25) is 9.59 Å². The molecule has 0 heterocycles. The Morgan fingerprint density at radius 2 is 0.826 bits per heavy atom. The number of carboxylic acid groups (broad SMARTS) is 2. The van der Waals surface area contributed by atoms with Crippen molar-refractivity contribution in [2.45, 2.75) is 89.9 Å². The molecule has 1 radical (unpaired) electrons. The highest BCUT2D eigenvalue weighted by Crippen LogP contribution is 2.18. The lowest BCUT2D eigenvalue weighted by atomic mass is 10.1. The minimum absolute atomic E-state index is 0.318. The van der Waals surface area contributed by atoms with Gasteiger partial charge >= 0.3 is 11.9 Å². The second-order valence-corrected chi connectivity index (χ2v) is 7.54. The Labute approximate surface area is 143 Å². The van der Waals surface area contributed by atoms with E-state index in [1.807, 2.05) is 0 Å². The normalized spacial score (nSPS) is 10.8. The van der Waals surface area contributed by atoms with E-state index in [9.17, 15) is 9.59 Å². The summed E-state index contributed by atoms with van der Waals surface area (Å²) in [6, 6.07) is 0. The average molecular weight is 345 g/mol. The maximum absolute atomic E-state index is 10.3. The molecule has 0 aliphatic carbocycles. The van der Waals surface area contributed by atoms with Gasteiger partial charge in [-0.1, -0.05) is 59.9 Å². The maximum Gasteiger partial charge on any atom is 0.303 e. The molecule has 4 nitrogen and oxygen atoms in total. The van der Waals surface area contributed by atoms with E-state index in [2.05, 4.69) is 0 Å². The standard InChI is InChI=1S/C18H34O4P/c19-17(20)13-9-5-1-3-7-11-15-23-16-12-8-4-2-6-10-14-18(21)22/h1-16H2,(H,19,20)(H,21,22). The molecular weight excluding hydrogens is 311 g/mol. The summed E-state index contributed by atoms with van der Waals surface area (Å²) < 4.78 is 0. The van der Waals surface area contributed by atoms with Crippen molar-refractivity contribution in [2.24, 2.45) is 0 Å². The third-order valence-corrected chi connectivity index (χ3v) is 5.18. The van der Waals surface area contributed by atoms with Crippen LogP contribution in [0.25, 0.3) is 0 Å². The minimum Gasteiger partial charge on any atom is -0.481 e. The number of rotatable bonds is 18. The van der Waals surface area contributed by atoms with Crippen LogP contribution in [-0.4, -0.2) is 34.5 Å². The van der Waals surface area contributed by atoms with Gasteiger partial charge in [0.1, 0.15) is 0 Å². The fraction of sp³-hybridized carbons (Fsp3) is 0.889. The van der Waals surface area contributed by atoms with Crippen LogP contribution in [0, 0.1) is 0 Å². The van der Waals surface area contributed by atoms with Crippen molar-refractivity contribution in [1.82, 2.24) is 0 Å². The van der Waals surface area contributed by atoms with Gasteiger partial charge in [-0.25, -0.2) is 0 Å². The van der Waals surface area contributed by atoms with Crippen LogP contribution >= 0.6 is 8.58 Å². The molecule has 0 unspecified atom stereocenters. The molecule has 0 amide bonds. The molecule has 0 rings (SSSR count). The lowest BCUT2D eigenvalue weighted by Gasteiger charge is -2.03. The summed E-state index contributed by atoms with van der Waals surface area (Å²) in [5.41, 5.74) is 0. The number of carbonyl (C=O) groups is 2. The topological polar surface area (TPSA) is 74.6 Å². The smallest absolute Gasteiger partial charge is 0.303 e. The molecule has 0 saturated heterocycles. The number of hydrogen-bond donors (Lipinski definition) is 2. The lowest BCUT2D eigenvalue weighted by Crippen LogP contribution is -1.93. The third-order valence-electron chi connectivity index (χ3n) is 3.91. The van der Waals surface area contributed by atoms with E-state index in [1.165, 1.54) is 63.7 Å². The highest BCUT2D eigenvalue weighted by molar-refractivity contribution is 7.37. The fourth-order valence-corrected chi connectivity index (χ4v) is 3.64. The summed E-state index contributed by atoms with van der Waals surface area (Å²) in [4.78, 5) is 20.7. The van der Waals surface area contributed by atoms with Crippen molar-refractivity contribution in [3.8, 4) is 0 Å². The molecule has 0 aliphatic rings. The number of aliphatic carboxylic acids is 2. The van der Waals surface area contributed by atoms with Crippen molar-refractivity contribution >= 4 is 20.5 Å². The molecule has 2 N–H and O–H groups in total. The van der Waals surface area contributed by atoms with E-state index in [4.69, 9.17) is 10.2 Å². The van der Waals surface area contributed by atoms with E-state index in [0.29, 0.717) is 12.8 Å². The first-order valence-electron chi connectivity index (χ1n) is 9.20. The van der Waals surface area contributed by atoms with Crippen LogP contribution in [0.5, 0.6) is 0 Å². The van der Waals surface area contributed by atoms with Crippen LogP contribution in [0.15, 0.2) is 0 Å². The van der Waals surface area contributed by atoms with Gasteiger partial charge in [-0.2, -0.15) is 0 Å². The Hall–Kier alpha value is -0.630. The third kappa shape index (κ3) is 21.4. The van der Waals surface area contributed by atoms with E-state index >= 15 is 0 Å². The molecule has 0 aromatic carbocycles. The Morgan fingerprint density at radius 3 is 1.17 bits per heavy atom. The number of carboxylic acids is 2. The molecule has 0 spiro atoms. The summed E-state index contributed by atoms with van der Waals surface area (Å²) >= 11 is 0. The molecule has 0 aliphatic heterocycles. The molecule has 5 heteroatoms. The molecule has 0 bridgehead atoms. The average Bonchev–Trinajstić information content (AvgIpc) is 2.49. The summed E-state index contributed by atoms with van der Waals surface area (Å²) in [5.74, 6) is -1.35. The van der Waals surface area contributed by atoms with Gasteiger partial charge in [0.2, 0.25) is 0 Å². The molecule has 0 fully saturated rings. The largest absolute Gasteiger partial charge is 0.481 e. The van der Waals surface area contributed by atoms with Crippen LogP contribution in [0.3, 0.4) is 0 Å². The minimum atomic E-state index is -0.677. The number of unbranched alkanes of at least 4 members (excludes halogenated alkanes) is 10. The molecule has 0 aromatic rings. The molecule has 0 aromatic heterocycles. The van der Waals surface area contributed by atoms with Crippen molar-refractivity contribution in [1.29, 1.82) is 0 Å². The van der Waals surface area contributed by atoms with Crippen LogP contribution < -0.4 is 0 Å². The first-order valence-corrected chi connectivity index (χ1v) is 10.5. The molecule has 135 valence electrons. The summed E-state index contributed by atoms with van der Waals surface area (Å²) in [7, 11) is 1.57. The van der Waals surface area contributed by atoms with Crippen LogP contribution in [-0.2, 0) is 9.59 Å². The van der Waals surface area contributed by atoms with Crippen LogP contribution in [0.4, 0.5) is 0 Å². The maximum atomic E-state index is 10.3.